The minimum Gasteiger partial charge on any atom is -0.508 e. The summed E-state index contributed by atoms with van der Waals surface area (Å²) in [6, 6.07) is 29.9. The van der Waals surface area contributed by atoms with Crippen LogP contribution in [0.5, 0.6) is 11.5 Å². The first-order valence-corrected chi connectivity index (χ1v) is 13.2. The van der Waals surface area contributed by atoms with Crippen LogP contribution in [0, 0.1) is 25.7 Å². The van der Waals surface area contributed by atoms with Gasteiger partial charge in [0.15, 0.2) is 0 Å². The van der Waals surface area contributed by atoms with Crippen molar-refractivity contribution in [3.63, 3.8) is 0 Å². The fourth-order valence-corrected chi connectivity index (χ4v) is 4.90. The Hall–Kier alpha value is -5.60. The van der Waals surface area contributed by atoms with E-state index < -0.39 is 0 Å². The van der Waals surface area contributed by atoms with Crippen LogP contribution in [-0.2, 0) is 0 Å². The van der Waals surface area contributed by atoms with Gasteiger partial charge in [-0.25, -0.2) is 4.98 Å². The van der Waals surface area contributed by atoms with E-state index in [9.17, 15) is 15.0 Å². The van der Waals surface area contributed by atoms with E-state index in [0.29, 0.717) is 28.0 Å². The number of aromatic hydroxyl groups is 2. The Morgan fingerprint density at radius 3 is 2.29 bits per heavy atom. The van der Waals surface area contributed by atoms with Crippen LogP contribution in [0.3, 0.4) is 0 Å². The van der Waals surface area contributed by atoms with E-state index in [1.807, 2.05) is 43.3 Å². The van der Waals surface area contributed by atoms with Crippen LogP contribution in [0.25, 0.3) is 39.5 Å². The Morgan fingerprint density at radius 2 is 1.49 bits per heavy atom. The zero-order chi connectivity index (χ0) is 28.5. The lowest BCUT2D eigenvalue weighted by Gasteiger charge is -2.14. The second-order valence-electron chi connectivity index (χ2n) is 10.0. The maximum absolute atomic E-state index is 13.7. The molecule has 6 rings (SSSR count). The number of para-hydroxylation sites is 1. The molecule has 0 aliphatic heterocycles. The highest BCUT2D eigenvalue weighted by atomic mass is 16.3. The molecule has 0 spiro atoms. The smallest absolute Gasteiger partial charge is 0.266 e. The van der Waals surface area contributed by atoms with Crippen molar-refractivity contribution < 1.29 is 10.2 Å². The maximum atomic E-state index is 13.7. The number of benzene rings is 5. The van der Waals surface area contributed by atoms with Crippen LogP contribution in [0.4, 0.5) is 0 Å². The largest absolute Gasteiger partial charge is 0.508 e. The average Bonchev–Trinajstić information content (AvgIpc) is 2.96. The molecule has 0 saturated heterocycles. The maximum Gasteiger partial charge on any atom is 0.266 e. The summed E-state index contributed by atoms with van der Waals surface area (Å²) < 4.78 is 1.58. The summed E-state index contributed by atoms with van der Waals surface area (Å²) in [6.07, 6.45) is 3.36. The van der Waals surface area contributed by atoms with Gasteiger partial charge in [-0.05, 0) is 96.9 Å². The quantitative estimate of drug-likeness (QED) is 0.237. The van der Waals surface area contributed by atoms with Crippen molar-refractivity contribution >= 4 is 33.8 Å². The molecule has 5 aromatic carbocycles. The second kappa shape index (κ2) is 10.5. The van der Waals surface area contributed by atoms with Gasteiger partial charge in [-0.1, -0.05) is 53.8 Å². The summed E-state index contributed by atoms with van der Waals surface area (Å²) in [7, 11) is 0. The minimum atomic E-state index is -0.196. The summed E-state index contributed by atoms with van der Waals surface area (Å²) in [4.78, 5) is 18.5. The molecule has 0 aliphatic carbocycles. The summed E-state index contributed by atoms with van der Waals surface area (Å²) in [5.41, 5.74) is 5.42. The first kappa shape index (κ1) is 25.7. The molecule has 6 aromatic rings. The number of phenols is 2. The van der Waals surface area contributed by atoms with Crippen LogP contribution < -0.4 is 5.56 Å². The molecule has 5 nitrogen and oxygen atoms in total. The van der Waals surface area contributed by atoms with Crippen molar-refractivity contribution in [2.24, 2.45) is 0 Å². The van der Waals surface area contributed by atoms with Gasteiger partial charge in [-0.3, -0.25) is 9.36 Å². The first-order chi connectivity index (χ1) is 19.9. The van der Waals surface area contributed by atoms with Gasteiger partial charge in [0, 0.05) is 22.8 Å². The number of hydrogen-bond donors (Lipinski definition) is 2. The van der Waals surface area contributed by atoms with E-state index in [1.165, 1.54) is 23.1 Å². The van der Waals surface area contributed by atoms with Gasteiger partial charge >= 0.3 is 0 Å². The number of aromatic nitrogens is 2. The molecule has 0 amide bonds. The van der Waals surface area contributed by atoms with Gasteiger partial charge in [0.1, 0.15) is 17.3 Å². The number of fused-ring (bicyclic) bond motifs is 2. The molecule has 0 aliphatic rings. The normalized spacial score (nSPS) is 11.2. The molecule has 0 fully saturated rings. The van der Waals surface area contributed by atoms with E-state index in [-0.39, 0.29) is 17.1 Å². The third kappa shape index (κ3) is 5.19. The zero-order valence-electron chi connectivity index (χ0n) is 22.6. The Kier molecular flexibility index (Phi) is 6.58. The van der Waals surface area contributed by atoms with Crippen molar-refractivity contribution in [3.05, 3.63) is 141 Å². The van der Waals surface area contributed by atoms with Gasteiger partial charge in [0.2, 0.25) is 0 Å². The van der Waals surface area contributed by atoms with Crippen LogP contribution in [0.2, 0.25) is 0 Å². The molecule has 41 heavy (non-hydrogen) atoms. The zero-order valence-corrected chi connectivity index (χ0v) is 22.6. The van der Waals surface area contributed by atoms with E-state index >= 15 is 0 Å². The summed E-state index contributed by atoms with van der Waals surface area (Å²) in [6.45, 7) is 4.03. The van der Waals surface area contributed by atoms with Crippen LogP contribution in [0.1, 0.15) is 33.6 Å². The van der Waals surface area contributed by atoms with Gasteiger partial charge in [-0.15, -0.1) is 0 Å². The number of rotatable bonds is 3. The average molecular weight is 535 g/mol. The van der Waals surface area contributed by atoms with Gasteiger partial charge in [0.05, 0.1) is 16.6 Å². The lowest BCUT2D eigenvalue weighted by Crippen LogP contribution is -2.23. The van der Waals surface area contributed by atoms with E-state index in [1.54, 1.807) is 34.9 Å². The lowest BCUT2D eigenvalue weighted by atomic mass is 10.0. The van der Waals surface area contributed by atoms with Crippen molar-refractivity contribution in [1.29, 1.82) is 0 Å². The Balaban J connectivity index is 1.41. The van der Waals surface area contributed by atoms with E-state index in [0.717, 1.165) is 22.1 Å². The summed E-state index contributed by atoms with van der Waals surface area (Å²) in [5.74, 6) is 6.83. The fraction of sp³-hybridized carbons (Fsp3) is 0.0556. The first-order valence-electron chi connectivity index (χ1n) is 13.2. The van der Waals surface area contributed by atoms with Gasteiger partial charge < -0.3 is 10.2 Å². The summed E-state index contributed by atoms with van der Waals surface area (Å²) >= 11 is 0. The highest BCUT2D eigenvalue weighted by molar-refractivity contribution is 5.84. The van der Waals surface area contributed by atoms with Crippen LogP contribution >= 0.6 is 0 Å². The number of aryl methyl sites for hydroxylation is 2. The van der Waals surface area contributed by atoms with E-state index in [2.05, 4.69) is 49.1 Å². The molecular weight excluding hydrogens is 508 g/mol. The fourth-order valence-electron chi connectivity index (χ4n) is 4.90. The number of phenolic OH excluding ortho intramolecular Hbond substituents is 2. The van der Waals surface area contributed by atoms with Crippen molar-refractivity contribution in [2.45, 2.75) is 13.8 Å². The molecular formula is C36H26N2O3. The van der Waals surface area contributed by atoms with Crippen LogP contribution in [-0.4, -0.2) is 19.8 Å². The molecule has 0 saturated carbocycles. The second-order valence-corrected chi connectivity index (χ2v) is 10.0. The highest BCUT2D eigenvalue weighted by Gasteiger charge is 2.13. The predicted octanol–water partition coefficient (Wildman–Crippen LogP) is 7.14. The van der Waals surface area contributed by atoms with Crippen LogP contribution in [0.15, 0.2) is 102 Å². The molecule has 5 heteroatoms. The summed E-state index contributed by atoms with van der Waals surface area (Å²) in [5, 5.41) is 22.7. The molecule has 0 unspecified atom stereocenters. The van der Waals surface area contributed by atoms with Crippen molar-refractivity contribution in [2.75, 3.05) is 0 Å². The third-order valence-corrected chi connectivity index (χ3v) is 7.01. The Labute approximate surface area is 237 Å². The van der Waals surface area contributed by atoms with E-state index in [4.69, 9.17) is 4.98 Å². The topological polar surface area (TPSA) is 75.3 Å². The lowest BCUT2D eigenvalue weighted by molar-refractivity contribution is 0.450. The molecule has 2 N–H and O–H groups in total. The Bertz CT molecular complexity index is 2130. The van der Waals surface area contributed by atoms with Crippen molar-refractivity contribution in [3.8, 4) is 29.0 Å². The van der Waals surface area contributed by atoms with Crippen molar-refractivity contribution in [1.82, 2.24) is 9.55 Å². The highest BCUT2D eigenvalue weighted by Crippen LogP contribution is 2.25. The molecule has 198 valence electrons. The minimum absolute atomic E-state index is 0.0325. The van der Waals surface area contributed by atoms with Gasteiger partial charge in [0.25, 0.3) is 5.56 Å². The molecule has 0 atom stereocenters. The predicted molar refractivity (Wildman–Crippen MR) is 165 cm³/mol. The molecule has 1 aromatic heterocycles. The Morgan fingerprint density at radius 1 is 0.756 bits per heavy atom. The molecule has 0 radical (unpaired) electrons. The SMILES string of the molecule is Cc1ccc2cc(C#Cc3ccc(-n4c(/C=C/c5ccc(O)cc5O)nc5ccccc5c4=O)c(C)c3)ccc2c1. The molecule has 0 bridgehead atoms. The third-order valence-electron chi connectivity index (χ3n) is 7.01. The standard InChI is InChI=1S/C36H26N2O3/c1-23-7-12-29-21-26(10-13-28(29)19-23)9-8-25-11-17-33(24(2)20-25)38-35(18-15-27-14-16-30(39)22-34(27)40)37-32-6-4-3-5-31(32)36(38)41/h3-7,10-22,39-40H,1-2H3/b18-15+. The van der Waals surface area contributed by atoms with Gasteiger partial charge in [-0.2, -0.15) is 0 Å². The number of nitrogens with zero attached hydrogens (tertiary/aromatic N) is 2. The number of hydrogen-bond acceptors (Lipinski definition) is 4. The monoisotopic (exact) mass is 534 g/mol. The molecule has 1 heterocycles.